The highest BCUT2D eigenvalue weighted by Gasteiger charge is 2.15. The molecule has 0 bridgehead atoms. The standard InChI is InChI=1S/C15H8ClF3N2/c1-7-3-2-4-8(13(7)19)15-20-12-6-11(18)10(17)5-9(12)14(16)21-15/h2-6H,1H3. The molecule has 1 heterocycles. The summed E-state index contributed by atoms with van der Waals surface area (Å²) in [6.45, 7) is 1.61. The van der Waals surface area contributed by atoms with Gasteiger partial charge in [-0.15, -0.1) is 0 Å². The maximum Gasteiger partial charge on any atom is 0.164 e. The first-order valence-electron chi connectivity index (χ1n) is 6.05. The van der Waals surface area contributed by atoms with Gasteiger partial charge in [0.05, 0.1) is 11.1 Å². The molecule has 0 saturated carbocycles. The smallest absolute Gasteiger partial charge is 0.164 e. The maximum atomic E-state index is 14.1. The quantitative estimate of drug-likeness (QED) is 0.610. The third-order valence-corrected chi connectivity index (χ3v) is 3.41. The number of nitrogens with zero attached hydrogens (tertiary/aromatic N) is 2. The molecule has 0 aliphatic heterocycles. The molecule has 0 atom stereocenters. The van der Waals surface area contributed by atoms with Crippen LogP contribution in [0.1, 0.15) is 5.56 Å². The maximum absolute atomic E-state index is 14.1. The van der Waals surface area contributed by atoms with E-state index in [4.69, 9.17) is 11.6 Å². The van der Waals surface area contributed by atoms with Gasteiger partial charge in [-0.25, -0.2) is 23.1 Å². The zero-order valence-corrected chi connectivity index (χ0v) is 11.5. The van der Waals surface area contributed by atoms with Crippen LogP contribution in [0, 0.1) is 24.4 Å². The van der Waals surface area contributed by atoms with Crippen LogP contribution >= 0.6 is 11.6 Å². The largest absolute Gasteiger partial charge is 0.228 e. The first-order valence-corrected chi connectivity index (χ1v) is 6.43. The lowest BCUT2D eigenvalue weighted by atomic mass is 10.1. The van der Waals surface area contributed by atoms with Crippen LogP contribution in [0.15, 0.2) is 30.3 Å². The number of fused-ring (bicyclic) bond motifs is 1. The molecule has 106 valence electrons. The Kier molecular flexibility index (Phi) is 3.29. The molecular formula is C15H8ClF3N2. The Balaban J connectivity index is 2.30. The van der Waals surface area contributed by atoms with Crippen molar-refractivity contribution < 1.29 is 13.2 Å². The normalized spacial score (nSPS) is 11.1. The van der Waals surface area contributed by atoms with Crippen LogP contribution in [-0.2, 0) is 0 Å². The van der Waals surface area contributed by atoms with Gasteiger partial charge in [0.2, 0.25) is 0 Å². The summed E-state index contributed by atoms with van der Waals surface area (Å²) in [4.78, 5) is 8.04. The van der Waals surface area contributed by atoms with Gasteiger partial charge in [0, 0.05) is 11.5 Å². The first kappa shape index (κ1) is 13.8. The Morgan fingerprint density at radius 1 is 1.00 bits per heavy atom. The third kappa shape index (κ3) is 2.34. The molecule has 0 saturated heterocycles. The van der Waals surface area contributed by atoms with Gasteiger partial charge in [-0.1, -0.05) is 23.7 Å². The summed E-state index contributed by atoms with van der Waals surface area (Å²) in [6, 6.07) is 6.59. The van der Waals surface area contributed by atoms with E-state index in [0.717, 1.165) is 12.1 Å². The number of halogens is 4. The Labute approximate surface area is 123 Å². The molecule has 0 N–H and O–H groups in total. The van der Waals surface area contributed by atoms with Crippen molar-refractivity contribution in [3.05, 3.63) is 58.5 Å². The van der Waals surface area contributed by atoms with Crippen molar-refractivity contribution >= 4 is 22.5 Å². The van der Waals surface area contributed by atoms with Gasteiger partial charge in [0.25, 0.3) is 0 Å². The van der Waals surface area contributed by atoms with Gasteiger partial charge in [0.1, 0.15) is 11.0 Å². The van der Waals surface area contributed by atoms with E-state index < -0.39 is 17.5 Å². The fraction of sp³-hybridized carbons (Fsp3) is 0.0667. The van der Waals surface area contributed by atoms with Crippen LogP contribution in [-0.4, -0.2) is 9.97 Å². The van der Waals surface area contributed by atoms with Gasteiger partial charge in [-0.2, -0.15) is 0 Å². The summed E-state index contributed by atoms with van der Waals surface area (Å²) in [6.07, 6.45) is 0. The van der Waals surface area contributed by atoms with Gasteiger partial charge >= 0.3 is 0 Å². The fourth-order valence-corrected chi connectivity index (χ4v) is 2.26. The third-order valence-electron chi connectivity index (χ3n) is 3.12. The lowest BCUT2D eigenvalue weighted by Crippen LogP contribution is -1.97. The molecule has 0 aliphatic carbocycles. The molecule has 1 aromatic heterocycles. The van der Waals surface area contributed by atoms with E-state index in [1.807, 2.05) is 0 Å². The van der Waals surface area contributed by atoms with Crippen molar-refractivity contribution in [2.75, 3.05) is 0 Å². The highest BCUT2D eigenvalue weighted by atomic mass is 35.5. The van der Waals surface area contributed by atoms with Crippen molar-refractivity contribution in [3.8, 4) is 11.4 Å². The number of benzene rings is 2. The van der Waals surface area contributed by atoms with Gasteiger partial charge in [-0.05, 0) is 24.6 Å². The molecule has 0 fully saturated rings. The predicted octanol–water partition coefficient (Wildman–Crippen LogP) is 4.68. The molecule has 0 radical (unpaired) electrons. The second-order valence-electron chi connectivity index (χ2n) is 4.56. The zero-order chi connectivity index (χ0) is 15.1. The average molecular weight is 309 g/mol. The number of aromatic nitrogens is 2. The fourth-order valence-electron chi connectivity index (χ4n) is 2.03. The Bertz CT molecular complexity index is 865. The van der Waals surface area contributed by atoms with Crippen molar-refractivity contribution in [3.63, 3.8) is 0 Å². The van der Waals surface area contributed by atoms with Crippen molar-refractivity contribution in [2.45, 2.75) is 6.92 Å². The minimum absolute atomic E-state index is 0.0275. The van der Waals surface area contributed by atoms with Crippen molar-refractivity contribution in [1.29, 1.82) is 0 Å². The molecule has 2 nitrogen and oxygen atoms in total. The first-order chi connectivity index (χ1) is 9.97. The Morgan fingerprint density at radius 3 is 2.48 bits per heavy atom. The average Bonchev–Trinajstić information content (AvgIpc) is 2.44. The van der Waals surface area contributed by atoms with Crippen LogP contribution in [0.4, 0.5) is 13.2 Å². The highest BCUT2D eigenvalue weighted by molar-refractivity contribution is 6.34. The SMILES string of the molecule is Cc1cccc(-c2nc(Cl)c3cc(F)c(F)cc3n2)c1F. The van der Waals surface area contributed by atoms with Crippen LogP contribution in [0.2, 0.25) is 5.15 Å². The summed E-state index contributed by atoms with van der Waals surface area (Å²) in [5.41, 5.74) is 0.700. The van der Waals surface area contributed by atoms with Gasteiger partial charge < -0.3 is 0 Å². The molecule has 0 aliphatic rings. The van der Waals surface area contributed by atoms with E-state index >= 15 is 0 Å². The van der Waals surface area contributed by atoms with E-state index in [9.17, 15) is 13.2 Å². The molecule has 3 rings (SSSR count). The zero-order valence-electron chi connectivity index (χ0n) is 10.8. The molecule has 0 unspecified atom stereocenters. The molecule has 6 heteroatoms. The lowest BCUT2D eigenvalue weighted by Gasteiger charge is -2.07. The van der Waals surface area contributed by atoms with Crippen molar-refractivity contribution in [2.24, 2.45) is 0 Å². The van der Waals surface area contributed by atoms with Crippen LogP contribution in [0.3, 0.4) is 0 Å². The van der Waals surface area contributed by atoms with Crippen LogP contribution in [0.25, 0.3) is 22.3 Å². The van der Waals surface area contributed by atoms with E-state index in [1.54, 1.807) is 19.1 Å². The van der Waals surface area contributed by atoms with Crippen LogP contribution < -0.4 is 0 Å². The molecule has 0 spiro atoms. The van der Waals surface area contributed by atoms with E-state index in [0.29, 0.717) is 5.56 Å². The number of rotatable bonds is 1. The monoisotopic (exact) mass is 308 g/mol. The number of hydrogen-bond donors (Lipinski definition) is 0. The van der Waals surface area contributed by atoms with Crippen LogP contribution in [0.5, 0.6) is 0 Å². The van der Waals surface area contributed by atoms with Gasteiger partial charge in [-0.3, -0.25) is 0 Å². The minimum atomic E-state index is -1.05. The number of aryl methyl sites for hydroxylation is 1. The second kappa shape index (κ2) is 5.00. The lowest BCUT2D eigenvalue weighted by molar-refractivity contribution is 0.510. The summed E-state index contributed by atoms with van der Waals surface area (Å²) >= 11 is 5.97. The number of hydrogen-bond acceptors (Lipinski definition) is 2. The van der Waals surface area contributed by atoms with Gasteiger partial charge in [0.15, 0.2) is 17.5 Å². The minimum Gasteiger partial charge on any atom is -0.228 e. The molecular weight excluding hydrogens is 301 g/mol. The molecule has 3 aromatic rings. The second-order valence-corrected chi connectivity index (χ2v) is 4.92. The summed E-state index contributed by atoms with van der Waals surface area (Å²) < 4.78 is 40.6. The summed E-state index contributed by atoms with van der Waals surface area (Å²) in [7, 11) is 0. The molecule has 0 amide bonds. The molecule has 21 heavy (non-hydrogen) atoms. The Hall–Kier alpha value is -2.14. The predicted molar refractivity (Wildman–Crippen MR) is 74.6 cm³/mol. The highest BCUT2D eigenvalue weighted by Crippen LogP contribution is 2.28. The molecule has 2 aromatic carbocycles. The topological polar surface area (TPSA) is 25.8 Å². The van der Waals surface area contributed by atoms with E-state index in [2.05, 4.69) is 9.97 Å². The van der Waals surface area contributed by atoms with Crippen molar-refractivity contribution in [1.82, 2.24) is 9.97 Å². The van der Waals surface area contributed by atoms with E-state index in [1.165, 1.54) is 6.07 Å². The summed E-state index contributed by atoms with van der Waals surface area (Å²) in [5, 5.41) is 0.113. The Morgan fingerprint density at radius 2 is 1.71 bits per heavy atom. The van der Waals surface area contributed by atoms with E-state index in [-0.39, 0.29) is 27.4 Å². The summed E-state index contributed by atoms with van der Waals surface area (Å²) in [5.74, 6) is -2.54.